The molecule has 0 radical (unpaired) electrons. The summed E-state index contributed by atoms with van der Waals surface area (Å²) in [5.74, 6) is -0.430. The predicted molar refractivity (Wildman–Crippen MR) is 121 cm³/mol. The van der Waals surface area contributed by atoms with Gasteiger partial charge in [0.1, 0.15) is 0 Å². The number of amides is 1. The summed E-state index contributed by atoms with van der Waals surface area (Å²) in [6, 6.07) is 20.3. The normalized spacial score (nSPS) is 11.2. The molecular weight excluding hydrogens is 422 g/mol. The topological polar surface area (TPSA) is 78.5 Å². The molecule has 0 unspecified atom stereocenters. The van der Waals surface area contributed by atoms with E-state index in [1.54, 1.807) is 24.3 Å². The smallest absolute Gasteiger partial charge is 0.255 e. The van der Waals surface area contributed by atoms with Crippen molar-refractivity contribution in [2.24, 2.45) is 0 Å². The Labute approximate surface area is 181 Å². The molecule has 0 atom stereocenters. The van der Waals surface area contributed by atoms with Gasteiger partial charge in [0.25, 0.3) is 5.91 Å². The van der Waals surface area contributed by atoms with Gasteiger partial charge in [0, 0.05) is 31.2 Å². The van der Waals surface area contributed by atoms with Crippen molar-refractivity contribution in [1.29, 1.82) is 0 Å². The molecule has 0 saturated carbocycles. The minimum atomic E-state index is -3.78. The fraction of sp³-hybridized carbons (Fsp3) is 0.136. The molecule has 0 aliphatic carbocycles. The van der Waals surface area contributed by atoms with Gasteiger partial charge in [-0.25, -0.2) is 13.1 Å². The van der Waals surface area contributed by atoms with Crippen LogP contribution in [0.4, 0.5) is 11.4 Å². The number of hydrogen-bond donors (Lipinski definition) is 2. The van der Waals surface area contributed by atoms with Crippen molar-refractivity contribution in [1.82, 2.24) is 4.72 Å². The maximum Gasteiger partial charge on any atom is 0.255 e. The maximum absolute atomic E-state index is 12.8. The molecule has 2 N–H and O–H groups in total. The van der Waals surface area contributed by atoms with Gasteiger partial charge in [0.15, 0.2) is 0 Å². The highest BCUT2D eigenvalue weighted by molar-refractivity contribution is 7.89. The third-order valence-corrected chi connectivity index (χ3v) is 6.04. The van der Waals surface area contributed by atoms with E-state index in [0.717, 1.165) is 11.3 Å². The molecule has 0 saturated heterocycles. The molecule has 0 aliphatic heterocycles. The first kappa shape index (κ1) is 21.8. The van der Waals surface area contributed by atoms with Crippen molar-refractivity contribution in [3.63, 3.8) is 0 Å². The molecule has 0 aliphatic rings. The standard InChI is InChI=1S/C22H22ClN3O3S/c1-26(2)21-12-11-18(23)14-20(21)25-22(27)17-9-6-10-19(13-17)30(28,29)24-15-16-7-4-3-5-8-16/h3-14,24H,15H2,1-2H3,(H,25,27). The average Bonchev–Trinajstić information content (AvgIpc) is 2.73. The lowest BCUT2D eigenvalue weighted by molar-refractivity contribution is 0.102. The number of sulfonamides is 1. The monoisotopic (exact) mass is 443 g/mol. The van der Waals surface area contributed by atoms with Gasteiger partial charge < -0.3 is 10.2 Å². The summed E-state index contributed by atoms with van der Waals surface area (Å²) in [5.41, 5.74) is 2.38. The van der Waals surface area contributed by atoms with Crippen LogP contribution in [-0.4, -0.2) is 28.4 Å². The van der Waals surface area contributed by atoms with Crippen molar-refractivity contribution >= 4 is 38.9 Å². The van der Waals surface area contributed by atoms with Crippen molar-refractivity contribution in [2.75, 3.05) is 24.3 Å². The number of carbonyl (C=O) groups is 1. The number of carbonyl (C=O) groups excluding carboxylic acids is 1. The van der Waals surface area contributed by atoms with Gasteiger partial charge in [0.05, 0.1) is 16.3 Å². The number of halogens is 1. The number of nitrogens with zero attached hydrogens (tertiary/aromatic N) is 1. The molecule has 8 heteroatoms. The largest absolute Gasteiger partial charge is 0.376 e. The van der Waals surface area contributed by atoms with Crippen molar-refractivity contribution in [2.45, 2.75) is 11.4 Å². The van der Waals surface area contributed by atoms with Gasteiger partial charge in [-0.15, -0.1) is 0 Å². The third-order valence-electron chi connectivity index (χ3n) is 4.40. The van der Waals surface area contributed by atoms with Crippen LogP contribution in [0.5, 0.6) is 0 Å². The molecule has 0 bridgehead atoms. The lowest BCUT2D eigenvalue weighted by Crippen LogP contribution is -2.24. The van der Waals surface area contributed by atoms with E-state index >= 15 is 0 Å². The van der Waals surface area contributed by atoms with Crippen LogP contribution in [0.3, 0.4) is 0 Å². The molecule has 3 rings (SSSR count). The van der Waals surface area contributed by atoms with Crippen LogP contribution < -0.4 is 14.9 Å². The van der Waals surface area contributed by atoms with Crippen molar-refractivity contribution < 1.29 is 13.2 Å². The van der Waals surface area contributed by atoms with Crippen LogP contribution in [0.15, 0.2) is 77.7 Å². The van der Waals surface area contributed by atoms with Gasteiger partial charge in [-0.3, -0.25) is 4.79 Å². The van der Waals surface area contributed by atoms with E-state index in [-0.39, 0.29) is 17.0 Å². The summed E-state index contributed by atoms with van der Waals surface area (Å²) < 4.78 is 27.9. The Kier molecular flexibility index (Phi) is 6.77. The van der Waals surface area contributed by atoms with E-state index in [0.29, 0.717) is 10.7 Å². The summed E-state index contributed by atoms with van der Waals surface area (Å²) in [4.78, 5) is 14.6. The minimum absolute atomic E-state index is 0.0185. The van der Waals surface area contributed by atoms with Gasteiger partial charge in [-0.05, 0) is 42.0 Å². The minimum Gasteiger partial charge on any atom is -0.376 e. The first-order valence-electron chi connectivity index (χ1n) is 9.18. The molecule has 6 nitrogen and oxygen atoms in total. The van der Waals surface area contributed by atoms with Crippen LogP contribution in [0.25, 0.3) is 0 Å². The maximum atomic E-state index is 12.8. The van der Waals surface area contributed by atoms with E-state index in [2.05, 4.69) is 10.0 Å². The second-order valence-corrected chi connectivity index (χ2v) is 9.05. The lowest BCUT2D eigenvalue weighted by atomic mass is 10.2. The average molecular weight is 444 g/mol. The number of hydrogen-bond acceptors (Lipinski definition) is 4. The van der Waals surface area contributed by atoms with Crippen LogP contribution in [-0.2, 0) is 16.6 Å². The molecule has 0 aromatic heterocycles. The summed E-state index contributed by atoms with van der Waals surface area (Å²) >= 11 is 6.06. The molecule has 156 valence electrons. The van der Waals surface area contributed by atoms with Crippen molar-refractivity contribution in [3.8, 4) is 0 Å². The van der Waals surface area contributed by atoms with Crippen LogP contribution >= 0.6 is 11.6 Å². The van der Waals surface area contributed by atoms with E-state index in [9.17, 15) is 13.2 Å². The van der Waals surface area contributed by atoms with Crippen LogP contribution in [0.1, 0.15) is 15.9 Å². The summed E-state index contributed by atoms with van der Waals surface area (Å²) in [6.45, 7) is 0.161. The molecule has 30 heavy (non-hydrogen) atoms. The van der Waals surface area contributed by atoms with Crippen LogP contribution in [0.2, 0.25) is 5.02 Å². The molecule has 0 spiro atoms. The zero-order valence-corrected chi connectivity index (χ0v) is 18.2. The number of benzene rings is 3. The lowest BCUT2D eigenvalue weighted by Gasteiger charge is -2.18. The molecule has 1 amide bonds. The summed E-state index contributed by atoms with van der Waals surface area (Å²) in [7, 11) is -0.0716. The predicted octanol–water partition coefficient (Wildman–Crippen LogP) is 4.14. The second-order valence-electron chi connectivity index (χ2n) is 6.85. The number of nitrogens with one attached hydrogen (secondary N) is 2. The van der Waals surface area contributed by atoms with E-state index < -0.39 is 15.9 Å². The Morgan fingerprint density at radius 1 is 0.967 bits per heavy atom. The fourth-order valence-electron chi connectivity index (χ4n) is 2.85. The molecule has 3 aromatic rings. The fourth-order valence-corrected chi connectivity index (χ4v) is 4.09. The Balaban J connectivity index is 1.79. The highest BCUT2D eigenvalue weighted by atomic mass is 35.5. The molecule has 0 heterocycles. The zero-order valence-electron chi connectivity index (χ0n) is 16.6. The quantitative estimate of drug-likeness (QED) is 0.575. The molecule has 0 fully saturated rings. The van der Waals surface area contributed by atoms with E-state index in [4.69, 9.17) is 11.6 Å². The molecular formula is C22H22ClN3O3S. The van der Waals surface area contributed by atoms with E-state index in [1.165, 1.54) is 18.2 Å². The van der Waals surface area contributed by atoms with Gasteiger partial charge >= 0.3 is 0 Å². The Bertz CT molecular complexity index is 1150. The van der Waals surface area contributed by atoms with Gasteiger partial charge in [-0.2, -0.15) is 0 Å². The van der Waals surface area contributed by atoms with E-state index in [1.807, 2.05) is 49.3 Å². The number of rotatable bonds is 7. The number of anilines is 2. The molecule has 3 aromatic carbocycles. The highest BCUT2D eigenvalue weighted by Gasteiger charge is 2.17. The Morgan fingerprint density at radius 3 is 2.40 bits per heavy atom. The van der Waals surface area contributed by atoms with Gasteiger partial charge in [0.2, 0.25) is 10.0 Å². The second kappa shape index (κ2) is 9.30. The Hall–Kier alpha value is -2.87. The zero-order chi connectivity index (χ0) is 21.7. The first-order chi connectivity index (χ1) is 14.3. The summed E-state index contributed by atoms with van der Waals surface area (Å²) in [6.07, 6.45) is 0. The van der Waals surface area contributed by atoms with Gasteiger partial charge in [-0.1, -0.05) is 48.0 Å². The summed E-state index contributed by atoms with van der Waals surface area (Å²) in [5, 5.41) is 3.29. The highest BCUT2D eigenvalue weighted by Crippen LogP contribution is 2.28. The third kappa shape index (κ3) is 5.38. The Morgan fingerprint density at radius 2 is 1.70 bits per heavy atom. The van der Waals surface area contributed by atoms with Crippen LogP contribution in [0, 0.1) is 0 Å². The van der Waals surface area contributed by atoms with Crippen molar-refractivity contribution in [3.05, 3.63) is 88.9 Å². The SMILES string of the molecule is CN(C)c1ccc(Cl)cc1NC(=O)c1cccc(S(=O)(=O)NCc2ccccc2)c1. The first-order valence-corrected chi connectivity index (χ1v) is 11.0.